The van der Waals surface area contributed by atoms with Gasteiger partial charge in [-0.25, -0.2) is 4.57 Å². The summed E-state index contributed by atoms with van der Waals surface area (Å²) in [7, 11) is -4.64. The Kier molecular flexibility index (Phi) is 31.4. The molecular weight excluding hydrogens is 350 g/mol. The molecule has 0 saturated heterocycles. The van der Waals surface area contributed by atoms with Crippen LogP contribution in [0.5, 0.6) is 0 Å². The predicted octanol–water partition coefficient (Wildman–Crippen LogP) is 5.96. The summed E-state index contributed by atoms with van der Waals surface area (Å²) in [5, 5.41) is 0. The molecule has 3 N–H and O–H groups in total. The second kappa shape index (κ2) is 24.7. The zero-order valence-electron chi connectivity index (χ0n) is 16.5. The number of rotatable bonds is 15. The minimum atomic E-state index is -4.64. The van der Waals surface area contributed by atoms with Crippen molar-refractivity contribution >= 4 is 59.2 Å². The second-order valence-electron chi connectivity index (χ2n) is 6.46. The van der Waals surface area contributed by atoms with E-state index in [-0.39, 0.29) is 51.4 Å². The predicted molar refractivity (Wildman–Crippen MR) is 105 cm³/mol. The molecule has 0 heterocycles. The molecule has 0 bridgehead atoms. The van der Waals surface area contributed by atoms with Gasteiger partial charge in [0.15, 0.2) is 0 Å². The summed E-state index contributed by atoms with van der Waals surface area (Å²) >= 11 is 0. The molecule has 0 aliphatic carbocycles. The van der Waals surface area contributed by atoms with Crippen molar-refractivity contribution in [2.75, 3.05) is 0 Å². The van der Waals surface area contributed by atoms with Crippen LogP contribution < -0.4 is 0 Å². The average Bonchev–Trinajstić information content (AvgIpc) is 2.46. The SMILES string of the molecule is CCCCCCCCCCCCCCCCCC.O=P(O)(O)O.[K]. The van der Waals surface area contributed by atoms with Crippen LogP contribution in [0.3, 0.4) is 0 Å². The Bertz CT molecular complexity index is 235. The van der Waals surface area contributed by atoms with Crippen molar-refractivity contribution in [3.05, 3.63) is 0 Å². The van der Waals surface area contributed by atoms with Crippen LogP contribution in [-0.4, -0.2) is 66.1 Å². The molecule has 0 aromatic heterocycles. The van der Waals surface area contributed by atoms with Gasteiger partial charge in [-0.2, -0.15) is 0 Å². The quantitative estimate of drug-likeness (QED) is 0.183. The fraction of sp³-hybridized carbons (Fsp3) is 1.00. The fourth-order valence-corrected chi connectivity index (χ4v) is 2.62. The number of unbranched alkanes of at least 4 members (excludes halogenated alkanes) is 15. The van der Waals surface area contributed by atoms with Gasteiger partial charge < -0.3 is 14.7 Å². The van der Waals surface area contributed by atoms with Gasteiger partial charge in [0.25, 0.3) is 0 Å². The molecule has 0 unspecified atom stereocenters. The van der Waals surface area contributed by atoms with E-state index in [0.29, 0.717) is 0 Å². The Labute approximate surface area is 193 Å². The van der Waals surface area contributed by atoms with Gasteiger partial charge in [-0.05, 0) is 0 Å². The van der Waals surface area contributed by atoms with Crippen molar-refractivity contribution in [3.8, 4) is 0 Å². The summed E-state index contributed by atoms with van der Waals surface area (Å²) in [5.74, 6) is 0. The average molecular weight is 392 g/mol. The van der Waals surface area contributed by atoms with E-state index in [1.54, 1.807) is 0 Å². The molecule has 0 rings (SSSR count). The summed E-state index contributed by atoms with van der Waals surface area (Å²) in [6.07, 6.45) is 23.4. The largest absolute Gasteiger partial charge is 0.466 e. The monoisotopic (exact) mass is 391 g/mol. The topological polar surface area (TPSA) is 77.8 Å². The van der Waals surface area contributed by atoms with E-state index < -0.39 is 7.82 Å². The van der Waals surface area contributed by atoms with Crippen molar-refractivity contribution in [3.63, 3.8) is 0 Å². The maximum absolute atomic E-state index is 8.88. The van der Waals surface area contributed by atoms with Crippen LogP contribution in [0, 0.1) is 0 Å². The Morgan fingerprint density at radius 2 is 0.625 bits per heavy atom. The summed E-state index contributed by atoms with van der Waals surface area (Å²) in [5.41, 5.74) is 0. The molecule has 0 aromatic rings. The second-order valence-corrected chi connectivity index (χ2v) is 7.49. The van der Waals surface area contributed by atoms with E-state index in [9.17, 15) is 0 Å². The van der Waals surface area contributed by atoms with Crippen LogP contribution in [0.2, 0.25) is 0 Å². The Morgan fingerprint density at radius 3 is 0.750 bits per heavy atom. The van der Waals surface area contributed by atoms with Crippen molar-refractivity contribution in [2.45, 2.75) is 117 Å². The van der Waals surface area contributed by atoms with Crippen LogP contribution >= 0.6 is 7.82 Å². The zero-order chi connectivity index (χ0) is 17.8. The molecule has 0 spiro atoms. The van der Waals surface area contributed by atoms with Gasteiger partial charge in [-0.1, -0.05) is 117 Å². The molecule has 0 atom stereocenters. The Morgan fingerprint density at radius 1 is 0.500 bits per heavy atom. The van der Waals surface area contributed by atoms with Crippen molar-refractivity contribution in [2.24, 2.45) is 0 Å². The molecule has 0 aliphatic heterocycles. The number of phosphoric acid groups is 1. The smallest absolute Gasteiger partial charge is 0.303 e. The van der Waals surface area contributed by atoms with Crippen LogP contribution in [0.4, 0.5) is 0 Å². The van der Waals surface area contributed by atoms with Gasteiger partial charge in [0.05, 0.1) is 0 Å². The fourth-order valence-electron chi connectivity index (χ4n) is 2.62. The molecule has 143 valence electrons. The van der Waals surface area contributed by atoms with Crippen molar-refractivity contribution in [1.82, 2.24) is 0 Å². The van der Waals surface area contributed by atoms with E-state index >= 15 is 0 Å². The maximum Gasteiger partial charge on any atom is 0.466 e. The molecule has 1 radical (unpaired) electrons. The molecule has 0 fully saturated rings. The first-order chi connectivity index (χ1) is 10.9. The third kappa shape index (κ3) is 43.8. The molecular formula is C18H41KO4P. The summed E-state index contributed by atoms with van der Waals surface area (Å²) in [4.78, 5) is 21.6. The van der Waals surface area contributed by atoms with Gasteiger partial charge >= 0.3 is 7.82 Å². The molecule has 0 amide bonds. The summed E-state index contributed by atoms with van der Waals surface area (Å²) in [6, 6.07) is 0. The van der Waals surface area contributed by atoms with Gasteiger partial charge in [-0.3, -0.25) is 0 Å². The van der Waals surface area contributed by atoms with Crippen LogP contribution in [-0.2, 0) is 4.57 Å². The van der Waals surface area contributed by atoms with Gasteiger partial charge in [0.2, 0.25) is 0 Å². The minimum Gasteiger partial charge on any atom is -0.303 e. The van der Waals surface area contributed by atoms with E-state index in [4.69, 9.17) is 19.2 Å². The van der Waals surface area contributed by atoms with Crippen LogP contribution in [0.1, 0.15) is 117 Å². The number of hydrogen-bond acceptors (Lipinski definition) is 1. The third-order valence-electron chi connectivity index (χ3n) is 3.96. The third-order valence-corrected chi connectivity index (χ3v) is 3.96. The standard InChI is InChI=1S/C18H38.K.H3O4P/c1-3-5-7-9-11-13-15-17-18-16-14-12-10-8-6-4-2;;1-5(2,3)4/h3-18H2,1-2H3;;(H3,1,2,3,4). The molecule has 0 aliphatic rings. The van der Waals surface area contributed by atoms with E-state index in [2.05, 4.69) is 13.8 Å². The first-order valence-corrected chi connectivity index (χ1v) is 11.3. The van der Waals surface area contributed by atoms with E-state index in [0.717, 1.165) is 0 Å². The van der Waals surface area contributed by atoms with Gasteiger partial charge in [-0.15, -0.1) is 0 Å². The summed E-state index contributed by atoms with van der Waals surface area (Å²) in [6.45, 7) is 4.59. The molecule has 0 saturated carbocycles. The number of hydrogen-bond donors (Lipinski definition) is 3. The first-order valence-electron chi connectivity index (χ1n) is 9.70. The minimum absolute atomic E-state index is 0. The first kappa shape index (κ1) is 30.5. The maximum atomic E-state index is 8.88. The normalized spacial score (nSPS) is 10.7. The van der Waals surface area contributed by atoms with Crippen molar-refractivity contribution < 1.29 is 19.2 Å². The van der Waals surface area contributed by atoms with Crippen molar-refractivity contribution in [1.29, 1.82) is 0 Å². The molecule has 24 heavy (non-hydrogen) atoms. The summed E-state index contributed by atoms with van der Waals surface area (Å²) < 4.78 is 8.88. The van der Waals surface area contributed by atoms with Crippen LogP contribution in [0.15, 0.2) is 0 Å². The van der Waals surface area contributed by atoms with Crippen LogP contribution in [0.25, 0.3) is 0 Å². The van der Waals surface area contributed by atoms with Gasteiger partial charge in [0.1, 0.15) is 0 Å². The van der Waals surface area contributed by atoms with E-state index in [1.807, 2.05) is 0 Å². The zero-order valence-corrected chi connectivity index (χ0v) is 20.5. The molecule has 6 heteroatoms. The van der Waals surface area contributed by atoms with Gasteiger partial charge in [0, 0.05) is 51.4 Å². The van der Waals surface area contributed by atoms with E-state index in [1.165, 1.54) is 103 Å². The molecule has 4 nitrogen and oxygen atoms in total. The molecule has 0 aromatic carbocycles. The Balaban J connectivity index is -0.000000639. The Hall–Kier alpha value is 1.75.